The Hall–Kier alpha value is -6.59. The predicted octanol–water partition coefficient (Wildman–Crippen LogP) is 7.32. The number of hydrogen-bond acceptors (Lipinski definition) is 18. The lowest BCUT2D eigenvalue weighted by atomic mass is 9.89. The number of ether oxygens (including phenoxy) is 4. The summed E-state index contributed by atoms with van der Waals surface area (Å²) in [7, 11) is 6.65. The van der Waals surface area contributed by atoms with E-state index < -0.39 is 0 Å². The van der Waals surface area contributed by atoms with Gasteiger partial charge in [0.2, 0.25) is 23.0 Å². The van der Waals surface area contributed by atoms with Gasteiger partial charge in [-0.05, 0) is 140 Å². The van der Waals surface area contributed by atoms with Crippen molar-refractivity contribution >= 4 is 75.6 Å². The number of morpholine rings is 2. The SMILES string of the molecule is CC[C@@H]1C(=O)N(C)c2cnc(Cl)nc2N1C(C)C.CC[C@@H]1C(=O)N(C)c2cnc(Nc3ccc(C(=O)NC4CCC(N5CCOCC5)CC4)cc3OC)nc2N1C(C)C.COc1cc(C(=O)NC2CCC(N3CCOCC3)CC2)ccc1N. The number of rotatable bonds is 14. The predicted molar refractivity (Wildman–Crippen MR) is 325 cm³/mol. The number of nitrogens with two attached hydrogens (primary N) is 1. The molecule has 6 heterocycles. The van der Waals surface area contributed by atoms with E-state index in [0.717, 1.165) is 116 Å². The number of anilines is 7. The Bertz CT molecular complexity index is 2850. The zero-order chi connectivity index (χ0) is 59.5. The molecule has 2 saturated heterocycles. The summed E-state index contributed by atoms with van der Waals surface area (Å²) in [6.07, 6.45) is 13.2. The van der Waals surface area contributed by atoms with Crippen LogP contribution in [0.5, 0.6) is 11.5 Å². The third-order valence-corrected chi connectivity index (χ3v) is 17.0. The number of halogens is 1. The third kappa shape index (κ3) is 14.9. The molecule has 22 nitrogen and oxygen atoms in total. The van der Waals surface area contributed by atoms with Crippen molar-refractivity contribution in [1.82, 2.24) is 40.4 Å². The molecule has 2 atom stereocenters. The van der Waals surface area contributed by atoms with Crippen molar-refractivity contribution in [3.05, 3.63) is 65.2 Å². The van der Waals surface area contributed by atoms with Crippen molar-refractivity contribution in [1.29, 1.82) is 0 Å². The fraction of sp³-hybridized carbons (Fsp3) is 0.600. The molecule has 4 aliphatic heterocycles. The molecule has 2 aliphatic carbocycles. The summed E-state index contributed by atoms with van der Waals surface area (Å²) in [5, 5.41) is 9.83. The second kappa shape index (κ2) is 28.8. The number of nitrogens with zero attached hydrogens (tertiary/aromatic N) is 10. The van der Waals surface area contributed by atoms with Crippen molar-refractivity contribution in [3.63, 3.8) is 0 Å². The van der Waals surface area contributed by atoms with Gasteiger partial charge in [0.05, 0.1) is 64.4 Å². The van der Waals surface area contributed by atoms with Crippen LogP contribution in [0.15, 0.2) is 48.8 Å². The molecule has 0 radical (unpaired) electrons. The Labute approximate surface area is 494 Å². The minimum atomic E-state index is -0.281. The van der Waals surface area contributed by atoms with Gasteiger partial charge < -0.3 is 60.2 Å². The number of nitrogens with one attached hydrogen (secondary N) is 3. The summed E-state index contributed by atoms with van der Waals surface area (Å²) in [6.45, 7) is 19.6. The maximum atomic E-state index is 13.1. The molecule has 0 unspecified atom stereocenters. The number of methoxy groups -OCH3 is 2. The number of nitrogen functional groups attached to an aromatic ring is 1. The first kappa shape index (κ1) is 62.5. The minimum absolute atomic E-state index is 0.0405. The van der Waals surface area contributed by atoms with Crippen LogP contribution in [0.3, 0.4) is 0 Å². The monoisotopic (exact) mass is 1170 g/mol. The molecule has 4 amide bonds. The molecular weight excluding hydrogens is 1080 g/mol. The smallest absolute Gasteiger partial charge is 0.251 e. The Balaban J connectivity index is 0.000000180. The van der Waals surface area contributed by atoms with Gasteiger partial charge in [-0.2, -0.15) is 9.97 Å². The second-order valence-electron chi connectivity index (χ2n) is 22.6. The summed E-state index contributed by atoms with van der Waals surface area (Å²) < 4.78 is 21.7. The Morgan fingerprint density at radius 1 is 0.651 bits per heavy atom. The molecule has 6 aliphatic rings. The van der Waals surface area contributed by atoms with Crippen LogP contribution in [0.25, 0.3) is 0 Å². The van der Waals surface area contributed by atoms with Gasteiger partial charge in [-0.1, -0.05) is 13.8 Å². The highest BCUT2D eigenvalue weighted by Gasteiger charge is 2.40. The van der Waals surface area contributed by atoms with Gasteiger partial charge >= 0.3 is 0 Å². The van der Waals surface area contributed by atoms with Crippen molar-refractivity contribution in [2.45, 2.75) is 154 Å². The molecular formula is C60H87ClN14O8. The first-order valence-electron chi connectivity index (χ1n) is 29.6. The van der Waals surface area contributed by atoms with E-state index >= 15 is 0 Å². The van der Waals surface area contributed by atoms with E-state index in [1.54, 1.807) is 80.8 Å². The molecule has 0 spiro atoms. The molecule has 5 N–H and O–H groups in total. The molecule has 4 fully saturated rings. The lowest BCUT2D eigenvalue weighted by molar-refractivity contribution is -0.120. The van der Waals surface area contributed by atoms with Gasteiger partial charge in [-0.25, -0.2) is 9.97 Å². The molecule has 2 saturated carbocycles. The van der Waals surface area contributed by atoms with Crippen molar-refractivity contribution in [3.8, 4) is 11.5 Å². The van der Waals surface area contributed by atoms with Crippen molar-refractivity contribution in [2.75, 3.05) is 112 Å². The van der Waals surface area contributed by atoms with Gasteiger partial charge in [0.1, 0.15) is 35.0 Å². The van der Waals surface area contributed by atoms with E-state index in [1.165, 1.54) is 0 Å². The fourth-order valence-corrected chi connectivity index (χ4v) is 12.4. The number of hydrogen-bond donors (Lipinski definition) is 4. The molecule has 83 heavy (non-hydrogen) atoms. The van der Waals surface area contributed by atoms with Crippen molar-refractivity contribution < 1.29 is 38.1 Å². The number of likely N-dealkylation sites (N-methyl/N-ethyl adjacent to an activating group) is 2. The van der Waals surface area contributed by atoms with Crippen LogP contribution in [0.1, 0.15) is 126 Å². The summed E-state index contributed by atoms with van der Waals surface area (Å²) in [5.74, 6) is 2.86. The molecule has 0 bridgehead atoms. The van der Waals surface area contributed by atoms with E-state index in [1.807, 2.05) is 38.7 Å². The Kier molecular flexibility index (Phi) is 21.7. The number of carbonyl (C=O) groups is 4. The van der Waals surface area contributed by atoms with Gasteiger partial charge in [0, 0.05) is 87.7 Å². The molecule has 452 valence electrons. The molecule has 4 aromatic rings. The molecule has 2 aromatic heterocycles. The number of fused-ring (bicyclic) bond motifs is 2. The van der Waals surface area contributed by atoms with Crippen LogP contribution in [-0.4, -0.2) is 183 Å². The minimum Gasteiger partial charge on any atom is -0.495 e. The number of carbonyl (C=O) groups excluding carboxylic acids is 4. The van der Waals surface area contributed by atoms with Gasteiger partial charge in [-0.3, -0.25) is 29.0 Å². The van der Waals surface area contributed by atoms with E-state index in [9.17, 15) is 19.2 Å². The summed E-state index contributed by atoms with van der Waals surface area (Å²) in [5.41, 5.74) is 9.52. The van der Waals surface area contributed by atoms with Crippen LogP contribution in [0, 0.1) is 0 Å². The van der Waals surface area contributed by atoms with E-state index in [2.05, 4.69) is 59.4 Å². The average Bonchev–Trinajstić information content (AvgIpc) is 2.96. The van der Waals surface area contributed by atoms with Crippen LogP contribution >= 0.6 is 11.6 Å². The van der Waals surface area contributed by atoms with Crippen molar-refractivity contribution in [2.24, 2.45) is 0 Å². The Morgan fingerprint density at radius 3 is 1.53 bits per heavy atom. The highest BCUT2D eigenvalue weighted by atomic mass is 35.5. The highest BCUT2D eigenvalue weighted by Crippen LogP contribution is 2.39. The molecule has 2 aromatic carbocycles. The second-order valence-corrected chi connectivity index (χ2v) is 23.0. The van der Waals surface area contributed by atoms with E-state index in [0.29, 0.717) is 75.6 Å². The standard InChI is InChI=1S/C30H43N7O4.C18H27N3O3.C12H17ClN4O/c1-6-24-29(39)35(4)25-18-31-30(34-27(25)37(24)19(2)3)33-23-12-7-20(17-26(23)40-5)28(38)32-21-8-10-22(11-9-21)36-13-15-41-16-14-36;1-23-17-12-13(2-7-16(17)19)18(22)20-14-3-5-15(6-4-14)21-8-10-24-11-9-21;1-5-8-11(18)16(4)9-6-14-12(13)15-10(9)17(8)7(2)3/h7,12,17-19,21-22,24H,6,8-11,13-16H2,1-5H3,(H,32,38)(H,31,33,34);2,7,12,14-15H,3-6,8-11,19H2,1H3,(H,20,22);6-8H,5H2,1-4H3/t21?,22?,24-;;8-/m1.1/s1. The average molecular weight is 1170 g/mol. The lowest BCUT2D eigenvalue weighted by Gasteiger charge is -2.42. The number of amides is 4. The van der Waals surface area contributed by atoms with Crippen LogP contribution in [0.2, 0.25) is 5.28 Å². The summed E-state index contributed by atoms with van der Waals surface area (Å²) in [6, 6.07) is 11.9. The highest BCUT2D eigenvalue weighted by molar-refractivity contribution is 6.28. The summed E-state index contributed by atoms with van der Waals surface area (Å²) in [4.78, 5) is 80.8. The fourth-order valence-electron chi connectivity index (χ4n) is 12.3. The normalized spacial score (nSPS) is 23.0. The third-order valence-electron chi connectivity index (χ3n) is 16.9. The quantitative estimate of drug-likeness (QED) is 0.0714. The van der Waals surface area contributed by atoms with Crippen LogP contribution in [-0.2, 0) is 19.1 Å². The lowest BCUT2D eigenvalue weighted by Crippen LogP contribution is -2.54. The summed E-state index contributed by atoms with van der Waals surface area (Å²) >= 11 is 5.87. The first-order valence-corrected chi connectivity index (χ1v) is 30.0. The van der Waals surface area contributed by atoms with E-state index in [4.69, 9.17) is 41.3 Å². The van der Waals surface area contributed by atoms with E-state index in [-0.39, 0.29) is 65.2 Å². The topological polar surface area (TPSA) is 238 Å². The Morgan fingerprint density at radius 2 is 1.08 bits per heavy atom. The number of benzene rings is 2. The van der Waals surface area contributed by atoms with Crippen LogP contribution in [0.4, 0.5) is 40.3 Å². The van der Waals surface area contributed by atoms with Gasteiger partial charge in [0.25, 0.3) is 11.8 Å². The maximum Gasteiger partial charge on any atom is 0.251 e. The molecule has 10 rings (SSSR count). The largest absolute Gasteiger partial charge is 0.495 e. The molecule has 23 heteroatoms. The first-order chi connectivity index (χ1) is 39.9. The van der Waals surface area contributed by atoms with Gasteiger partial charge in [0.15, 0.2) is 11.6 Å². The number of aromatic nitrogens is 4. The van der Waals surface area contributed by atoms with Gasteiger partial charge in [-0.15, -0.1) is 0 Å². The maximum absolute atomic E-state index is 13.1. The zero-order valence-corrected chi connectivity index (χ0v) is 50.9. The zero-order valence-electron chi connectivity index (χ0n) is 50.2. The van der Waals surface area contributed by atoms with Crippen LogP contribution < -0.4 is 50.8 Å².